The molecule has 1 aliphatic heterocycles. The number of pyridine rings is 1. The Morgan fingerprint density at radius 2 is 1.80 bits per heavy atom. The Morgan fingerprint density at radius 1 is 1.20 bits per heavy atom. The molecule has 1 aromatic heterocycles. The van der Waals surface area contributed by atoms with Gasteiger partial charge in [0.1, 0.15) is 19.0 Å². The molecule has 1 amide bonds. The number of ether oxygens (including phenoxy) is 2. The molecular weight excluding hydrogens is 256 g/mol. The number of amides is 1. The fourth-order valence-electron chi connectivity index (χ4n) is 3.07. The summed E-state index contributed by atoms with van der Waals surface area (Å²) < 4.78 is 10.9. The Labute approximate surface area is 118 Å². The quantitative estimate of drug-likeness (QED) is 0.901. The van der Waals surface area contributed by atoms with Gasteiger partial charge >= 0.3 is 0 Å². The van der Waals surface area contributed by atoms with Crippen LogP contribution in [0.5, 0.6) is 11.5 Å². The van der Waals surface area contributed by atoms with Crippen LogP contribution >= 0.6 is 0 Å². The van der Waals surface area contributed by atoms with E-state index in [-0.39, 0.29) is 22.7 Å². The van der Waals surface area contributed by atoms with Crippen molar-refractivity contribution in [3.63, 3.8) is 0 Å². The maximum atomic E-state index is 12.4. The summed E-state index contributed by atoms with van der Waals surface area (Å²) in [6, 6.07) is 1.72. The average Bonchev–Trinajstić information content (AvgIpc) is 2.79. The van der Waals surface area contributed by atoms with Crippen LogP contribution in [0.3, 0.4) is 0 Å². The van der Waals surface area contributed by atoms with Crippen LogP contribution in [0.25, 0.3) is 0 Å². The Kier molecular flexibility index (Phi) is 2.71. The van der Waals surface area contributed by atoms with Crippen molar-refractivity contribution in [1.29, 1.82) is 0 Å². The maximum Gasteiger partial charge on any atom is 0.229 e. The lowest BCUT2D eigenvalue weighted by atomic mass is 10.0. The van der Waals surface area contributed by atoms with Gasteiger partial charge in [0, 0.05) is 12.0 Å². The highest BCUT2D eigenvalue weighted by Crippen LogP contribution is 2.68. The first kappa shape index (κ1) is 13.2. The van der Waals surface area contributed by atoms with E-state index in [0.717, 1.165) is 0 Å². The van der Waals surface area contributed by atoms with Crippen LogP contribution in [0.4, 0.5) is 5.82 Å². The number of carbonyl (C=O) groups excluding carboxylic acids is 1. The topological polar surface area (TPSA) is 60.5 Å². The number of anilines is 1. The Bertz CT molecular complexity index is 552. The highest BCUT2D eigenvalue weighted by molar-refractivity contribution is 5.95. The van der Waals surface area contributed by atoms with Gasteiger partial charge in [-0.25, -0.2) is 4.98 Å². The van der Waals surface area contributed by atoms with E-state index in [1.165, 1.54) is 0 Å². The highest BCUT2D eigenvalue weighted by Gasteiger charge is 2.68. The van der Waals surface area contributed by atoms with Gasteiger partial charge < -0.3 is 14.8 Å². The third kappa shape index (κ3) is 1.84. The molecule has 0 saturated heterocycles. The van der Waals surface area contributed by atoms with Gasteiger partial charge in [-0.15, -0.1) is 0 Å². The summed E-state index contributed by atoms with van der Waals surface area (Å²) in [5, 5.41) is 2.88. The first-order valence-electron chi connectivity index (χ1n) is 6.90. The zero-order valence-corrected chi connectivity index (χ0v) is 12.3. The first-order valence-corrected chi connectivity index (χ1v) is 6.90. The minimum Gasteiger partial charge on any atom is -0.486 e. The van der Waals surface area contributed by atoms with Crippen molar-refractivity contribution in [1.82, 2.24) is 4.98 Å². The second kappa shape index (κ2) is 4.11. The maximum absolute atomic E-state index is 12.4. The molecule has 2 aliphatic rings. The smallest absolute Gasteiger partial charge is 0.229 e. The van der Waals surface area contributed by atoms with Crippen LogP contribution in [-0.4, -0.2) is 24.1 Å². The van der Waals surface area contributed by atoms with Crippen LogP contribution in [0.15, 0.2) is 12.3 Å². The normalized spacial score (nSPS) is 22.2. The summed E-state index contributed by atoms with van der Waals surface area (Å²) in [4.78, 5) is 16.6. The summed E-state index contributed by atoms with van der Waals surface area (Å²) in [6.07, 6.45) is 1.59. The number of aromatic nitrogens is 1. The molecule has 3 rings (SSSR count). The summed E-state index contributed by atoms with van der Waals surface area (Å²) in [6.45, 7) is 9.53. The molecule has 1 aromatic rings. The van der Waals surface area contributed by atoms with Crippen molar-refractivity contribution >= 4 is 11.7 Å². The standard InChI is InChI=1S/C15H20N2O3/c1-14(2)12(15(14,3)4)13(18)17-11-7-9-10(8-16-11)20-6-5-19-9/h7-8,12H,5-6H2,1-4H3,(H,16,17,18). The summed E-state index contributed by atoms with van der Waals surface area (Å²) >= 11 is 0. The van der Waals surface area contributed by atoms with E-state index in [1.807, 2.05) is 0 Å². The Hall–Kier alpha value is -1.78. The molecule has 0 radical (unpaired) electrons. The molecule has 5 nitrogen and oxygen atoms in total. The third-order valence-corrected chi connectivity index (χ3v) is 4.96. The zero-order valence-electron chi connectivity index (χ0n) is 12.3. The van der Waals surface area contributed by atoms with Gasteiger partial charge in [-0.3, -0.25) is 4.79 Å². The van der Waals surface area contributed by atoms with Gasteiger partial charge in [0.25, 0.3) is 0 Å². The highest BCUT2D eigenvalue weighted by atomic mass is 16.6. The van der Waals surface area contributed by atoms with Crippen molar-refractivity contribution in [2.75, 3.05) is 18.5 Å². The second-order valence-electron chi connectivity index (χ2n) is 6.58. The number of nitrogens with one attached hydrogen (secondary N) is 1. The molecule has 1 aliphatic carbocycles. The zero-order chi connectivity index (χ0) is 14.5. The molecule has 0 bridgehead atoms. The monoisotopic (exact) mass is 276 g/mol. The minimum absolute atomic E-state index is 0.00463. The molecule has 5 heteroatoms. The van der Waals surface area contributed by atoms with E-state index in [2.05, 4.69) is 38.0 Å². The number of hydrogen-bond acceptors (Lipinski definition) is 4. The van der Waals surface area contributed by atoms with Crippen LogP contribution in [0.2, 0.25) is 0 Å². The molecule has 108 valence electrons. The van der Waals surface area contributed by atoms with Gasteiger partial charge in [-0.05, 0) is 10.8 Å². The average molecular weight is 276 g/mol. The van der Waals surface area contributed by atoms with Gasteiger partial charge in [-0.1, -0.05) is 27.7 Å². The number of fused-ring (bicyclic) bond motifs is 1. The lowest BCUT2D eigenvalue weighted by molar-refractivity contribution is -0.118. The van der Waals surface area contributed by atoms with E-state index in [4.69, 9.17) is 9.47 Å². The van der Waals surface area contributed by atoms with Crippen LogP contribution < -0.4 is 14.8 Å². The fraction of sp³-hybridized carbons (Fsp3) is 0.600. The minimum atomic E-state index is 0.00463. The van der Waals surface area contributed by atoms with Crippen molar-refractivity contribution in [2.45, 2.75) is 27.7 Å². The molecule has 0 atom stereocenters. The summed E-state index contributed by atoms with van der Waals surface area (Å²) in [5.41, 5.74) is 0.0375. The van der Waals surface area contributed by atoms with E-state index in [9.17, 15) is 4.79 Å². The van der Waals surface area contributed by atoms with Crippen molar-refractivity contribution in [2.24, 2.45) is 16.7 Å². The summed E-state index contributed by atoms with van der Waals surface area (Å²) in [5.74, 6) is 1.80. The van der Waals surface area contributed by atoms with Gasteiger partial charge in [0.05, 0.1) is 6.20 Å². The van der Waals surface area contributed by atoms with Crippen molar-refractivity contribution in [3.8, 4) is 11.5 Å². The molecule has 1 saturated carbocycles. The summed E-state index contributed by atoms with van der Waals surface area (Å²) in [7, 11) is 0. The molecule has 1 fully saturated rings. The van der Waals surface area contributed by atoms with Crippen LogP contribution in [-0.2, 0) is 4.79 Å². The predicted octanol–water partition coefficient (Wildman–Crippen LogP) is 2.47. The van der Waals surface area contributed by atoms with Crippen molar-refractivity contribution in [3.05, 3.63) is 12.3 Å². The van der Waals surface area contributed by atoms with E-state index >= 15 is 0 Å². The second-order valence-corrected chi connectivity index (χ2v) is 6.58. The van der Waals surface area contributed by atoms with E-state index in [1.54, 1.807) is 12.3 Å². The van der Waals surface area contributed by atoms with Crippen molar-refractivity contribution < 1.29 is 14.3 Å². The first-order chi connectivity index (χ1) is 9.34. The Morgan fingerprint density at radius 3 is 2.40 bits per heavy atom. The SMILES string of the molecule is CC1(C)C(C(=O)Nc2cc3c(cn2)OCCO3)C1(C)C. The van der Waals surface area contributed by atoms with E-state index < -0.39 is 0 Å². The fourth-order valence-corrected chi connectivity index (χ4v) is 3.07. The lowest BCUT2D eigenvalue weighted by Crippen LogP contribution is -2.20. The van der Waals surface area contributed by atoms with Gasteiger partial charge in [-0.2, -0.15) is 0 Å². The number of nitrogens with zero attached hydrogens (tertiary/aromatic N) is 1. The number of carbonyl (C=O) groups is 1. The molecule has 2 heterocycles. The molecule has 0 unspecified atom stereocenters. The van der Waals surface area contributed by atoms with Gasteiger partial charge in [0.2, 0.25) is 5.91 Å². The van der Waals surface area contributed by atoms with E-state index in [0.29, 0.717) is 30.5 Å². The third-order valence-electron chi connectivity index (χ3n) is 4.96. The predicted molar refractivity (Wildman–Crippen MR) is 74.9 cm³/mol. The van der Waals surface area contributed by atoms with Gasteiger partial charge in [0.15, 0.2) is 11.5 Å². The van der Waals surface area contributed by atoms with Crippen LogP contribution in [0.1, 0.15) is 27.7 Å². The number of hydrogen-bond donors (Lipinski definition) is 1. The molecular formula is C15H20N2O3. The molecule has 0 aromatic carbocycles. The number of rotatable bonds is 2. The van der Waals surface area contributed by atoms with Crippen LogP contribution in [0, 0.1) is 16.7 Å². The molecule has 1 N–H and O–H groups in total. The Balaban J connectivity index is 1.74. The lowest BCUT2D eigenvalue weighted by Gasteiger charge is -2.18. The molecule has 0 spiro atoms. The molecule has 20 heavy (non-hydrogen) atoms. The largest absolute Gasteiger partial charge is 0.486 e.